The summed E-state index contributed by atoms with van der Waals surface area (Å²) in [5, 5.41) is 25.9. The summed E-state index contributed by atoms with van der Waals surface area (Å²) in [6.45, 7) is 2.12. The highest BCUT2D eigenvalue weighted by atomic mass is 16.6. The van der Waals surface area contributed by atoms with Crippen molar-refractivity contribution in [2.45, 2.75) is 25.8 Å². The van der Waals surface area contributed by atoms with E-state index in [2.05, 4.69) is 16.9 Å². The summed E-state index contributed by atoms with van der Waals surface area (Å²) in [5.41, 5.74) is 2.62. The minimum atomic E-state index is -1.91. The SMILES string of the molecule is COc1cc(C2=NN(c3ncnc4c3ccn4C)C(C)CC2)ccc1OB(O)O. The molecule has 0 saturated heterocycles. The molecule has 0 bridgehead atoms. The second-order valence-corrected chi connectivity index (χ2v) is 6.95. The molecule has 2 aromatic heterocycles. The zero-order valence-electron chi connectivity index (χ0n) is 16.5. The molecule has 29 heavy (non-hydrogen) atoms. The van der Waals surface area contributed by atoms with E-state index < -0.39 is 7.32 Å². The Bertz CT molecular complexity index is 1070. The number of aryl methyl sites for hydroxylation is 1. The number of benzene rings is 1. The maximum atomic E-state index is 9.06. The molecule has 10 heteroatoms. The molecule has 0 aliphatic carbocycles. The van der Waals surface area contributed by atoms with E-state index in [9.17, 15) is 0 Å². The van der Waals surface area contributed by atoms with Crippen molar-refractivity contribution in [3.63, 3.8) is 0 Å². The molecule has 0 saturated carbocycles. The smallest absolute Gasteiger partial charge is 0.509 e. The van der Waals surface area contributed by atoms with E-state index in [4.69, 9.17) is 24.5 Å². The maximum Gasteiger partial charge on any atom is 0.707 e. The summed E-state index contributed by atoms with van der Waals surface area (Å²) in [6, 6.07) is 7.43. The van der Waals surface area contributed by atoms with Gasteiger partial charge in [0.1, 0.15) is 17.7 Å². The number of hydrogen-bond donors (Lipinski definition) is 2. The first-order chi connectivity index (χ1) is 14.0. The van der Waals surface area contributed by atoms with E-state index in [1.807, 2.05) is 35.0 Å². The van der Waals surface area contributed by atoms with E-state index in [0.717, 1.165) is 41.0 Å². The molecular weight excluding hydrogens is 373 g/mol. The first-order valence-electron chi connectivity index (χ1n) is 9.32. The summed E-state index contributed by atoms with van der Waals surface area (Å²) < 4.78 is 12.2. The molecule has 0 spiro atoms. The zero-order valence-corrected chi connectivity index (χ0v) is 16.5. The van der Waals surface area contributed by atoms with Gasteiger partial charge < -0.3 is 24.0 Å². The second-order valence-electron chi connectivity index (χ2n) is 6.95. The minimum absolute atomic E-state index is 0.186. The van der Waals surface area contributed by atoms with Gasteiger partial charge in [0, 0.05) is 18.8 Å². The number of hydrazone groups is 1. The summed E-state index contributed by atoms with van der Waals surface area (Å²) in [7, 11) is 1.54. The molecule has 1 aliphatic heterocycles. The number of anilines is 1. The van der Waals surface area contributed by atoms with Crippen molar-refractivity contribution < 1.29 is 19.4 Å². The minimum Gasteiger partial charge on any atom is -0.509 e. The number of ether oxygens (including phenoxy) is 1. The zero-order chi connectivity index (χ0) is 20.5. The van der Waals surface area contributed by atoms with Crippen LogP contribution in [0, 0.1) is 0 Å². The number of fused-ring (bicyclic) bond motifs is 1. The van der Waals surface area contributed by atoms with Crippen molar-refractivity contribution in [1.82, 2.24) is 14.5 Å². The molecule has 1 aliphatic rings. The molecule has 9 nitrogen and oxygen atoms in total. The molecule has 4 rings (SSSR count). The van der Waals surface area contributed by atoms with Crippen molar-refractivity contribution >= 4 is 29.9 Å². The summed E-state index contributed by atoms with van der Waals surface area (Å²) in [6.07, 6.45) is 5.23. The van der Waals surface area contributed by atoms with Gasteiger partial charge in [-0.25, -0.2) is 15.0 Å². The Hall–Kier alpha value is -3.11. The predicted octanol–water partition coefficient (Wildman–Crippen LogP) is 1.72. The van der Waals surface area contributed by atoms with Gasteiger partial charge in [0.2, 0.25) is 0 Å². The first kappa shape index (κ1) is 19.2. The van der Waals surface area contributed by atoms with Crippen molar-refractivity contribution in [2.75, 3.05) is 12.1 Å². The van der Waals surface area contributed by atoms with Gasteiger partial charge in [-0.15, -0.1) is 0 Å². The summed E-state index contributed by atoms with van der Waals surface area (Å²) >= 11 is 0. The molecule has 3 aromatic rings. The molecule has 1 unspecified atom stereocenters. The topological polar surface area (TPSA) is 105 Å². The van der Waals surface area contributed by atoms with Crippen LogP contribution in [0.4, 0.5) is 5.82 Å². The highest BCUT2D eigenvalue weighted by Crippen LogP contribution is 2.32. The third kappa shape index (κ3) is 3.64. The summed E-state index contributed by atoms with van der Waals surface area (Å²) in [5.74, 6) is 1.42. The molecule has 150 valence electrons. The quantitative estimate of drug-likeness (QED) is 0.634. The van der Waals surface area contributed by atoms with E-state index in [0.29, 0.717) is 5.75 Å². The Morgan fingerprint density at radius 1 is 1.17 bits per heavy atom. The fraction of sp³-hybridized carbons (Fsp3) is 0.316. The Balaban J connectivity index is 1.73. The van der Waals surface area contributed by atoms with Crippen LogP contribution < -0.4 is 14.4 Å². The molecule has 1 aromatic carbocycles. The third-order valence-electron chi connectivity index (χ3n) is 5.03. The average Bonchev–Trinajstić information content (AvgIpc) is 3.09. The monoisotopic (exact) mass is 395 g/mol. The van der Waals surface area contributed by atoms with Crippen LogP contribution in [-0.4, -0.2) is 50.8 Å². The van der Waals surface area contributed by atoms with Gasteiger partial charge in [0.05, 0.1) is 24.2 Å². The van der Waals surface area contributed by atoms with E-state index in [-0.39, 0.29) is 11.8 Å². The van der Waals surface area contributed by atoms with Crippen molar-refractivity contribution in [3.05, 3.63) is 42.4 Å². The van der Waals surface area contributed by atoms with Crippen molar-refractivity contribution in [1.29, 1.82) is 0 Å². The van der Waals surface area contributed by atoms with Crippen LogP contribution in [0.15, 0.2) is 41.9 Å². The summed E-state index contributed by atoms with van der Waals surface area (Å²) in [4.78, 5) is 8.86. The van der Waals surface area contributed by atoms with Crippen LogP contribution >= 0.6 is 0 Å². The second kappa shape index (κ2) is 7.73. The number of hydrogen-bond acceptors (Lipinski definition) is 8. The fourth-order valence-electron chi connectivity index (χ4n) is 3.51. The standard InChI is InChI=1S/C19H22BN5O4/c1-12-4-6-15(13-5-7-16(29-20(26)27)17(10-13)28-3)23-25(12)19-14-8-9-24(2)18(14)21-11-22-19/h5,7-12,26-27H,4,6H2,1-3H3. The molecule has 1 atom stereocenters. The average molecular weight is 395 g/mol. The van der Waals surface area contributed by atoms with Gasteiger partial charge in [-0.3, -0.25) is 0 Å². The van der Waals surface area contributed by atoms with Crippen LogP contribution in [0.5, 0.6) is 11.5 Å². The van der Waals surface area contributed by atoms with Crippen LogP contribution in [0.25, 0.3) is 11.0 Å². The fourth-order valence-corrected chi connectivity index (χ4v) is 3.51. The van der Waals surface area contributed by atoms with Crippen LogP contribution in [0.1, 0.15) is 25.3 Å². The van der Waals surface area contributed by atoms with Gasteiger partial charge in [0.15, 0.2) is 11.6 Å². The van der Waals surface area contributed by atoms with E-state index in [1.54, 1.807) is 18.5 Å². The Kier molecular flexibility index (Phi) is 5.12. The lowest BCUT2D eigenvalue weighted by molar-refractivity contribution is 0.279. The lowest BCUT2D eigenvalue weighted by Crippen LogP contribution is -2.34. The highest BCUT2D eigenvalue weighted by molar-refractivity contribution is 6.33. The third-order valence-corrected chi connectivity index (χ3v) is 5.03. The van der Waals surface area contributed by atoms with Gasteiger partial charge in [0.25, 0.3) is 0 Å². The predicted molar refractivity (Wildman–Crippen MR) is 110 cm³/mol. The Labute approximate surface area is 168 Å². The number of methoxy groups -OCH3 is 1. The Morgan fingerprint density at radius 2 is 2.00 bits per heavy atom. The molecular formula is C19H22BN5O4. The van der Waals surface area contributed by atoms with Crippen molar-refractivity contribution in [3.8, 4) is 11.5 Å². The number of nitrogens with zero attached hydrogens (tertiary/aromatic N) is 5. The lowest BCUT2D eigenvalue weighted by Gasteiger charge is -2.31. The molecule has 0 amide bonds. The van der Waals surface area contributed by atoms with Crippen LogP contribution in [0.3, 0.4) is 0 Å². The van der Waals surface area contributed by atoms with Crippen LogP contribution in [0.2, 0.25) is 0 Å². The Morgan fingerprint density at radius 3 is 2.76 bits per heavy atom. The number of rotatable bonds is 5. The van der Waals surface area contributed by atoms with Gasteiger partial charge >= 0.3 is 7.32 Å². The van der Waals surface area contributed by atoms with Crippen LogP contribution in [-0.2, 0) is 7.05 Å². The molecule has 0 fully saturated rings. The van der Waals surface area contributed by atoms with Gasteiger partial charge in [-0.1, -0.05) is 0 Å². The van der Waals surface area contributed by atoms with Gasteiger partial charge in [-0.05, 0) is 44.0 Å². The van der Waals surface area contributed by atoms with Gasteiger partial charge in [-0.2, -0.15) is 5.10 Å². The number of aromatic nitrogens is 3. The maximum absolute atomic E-state index is 9.06. The van der Waals surface area contributed by atoms with Crippen molar-refractivity contribution in [2.24, 2.45) is 12.1 Å². The normalized spacial score (nSPS) is 16.7. The van der Waals surface area contributed by atoms with E-state index >= 15 is 0 Å². The molecule has 2 N–H and O–H groups in total. The first-order valence-corrected chi connectivity index (χ1v) is 9.32. The molecule has 0 radical (unpaired) electrons. The lowest BCUT2D eigenvalue weighted by atomic mass is 10.0. The van der Waals surface area contributed by atoms with E-state index in [1.165, 1.54) is 7.11 Å². The largest absolute Gasteiger partial charge is 0.707 e. The molecule has 3 heterocycles. The highest BCUT2D eigenvalue weighted by Gasteiger charge is 2.25.